The highest BCUT2D eigenvalue weighted by Crippen LogP contribution is 2.35. The van der Waals surface area contributed by atoms with Crippen molar-refractivity contribution in [3.05, 3.63) is 65.7 Å². The largest absolute Gasteiger partial charge is 0.416 e. The van der Waals surface area contributed by atoms with E-state index in [-0.39, 0.29) is 9.79 Å². The van der Waals surface area contributed by atoms with E-state index >= 15 is 0 Å². The highest BCUT2D eigenvalue weighted by atomic mass is 32.2. The number of benzene rings is 2. The van der Waals surface area contributed by atoms with Crippen LogP contribution in [0.25, 0.3) is 6.08 Å². The van der Waals surface area contributed by atoms with Gasteiger partial charge in [-0.3, -0.25) is 4.79 Å². The lowest BCUT2D eigenvalue weighted by Crippen LogP contribution is -2.45. The zero-order valence-corrected chi connectivity index (χ0v) is 20.9. The van der Waals surface area contributed by atoms with Crippen LogP contribution in [0.3, 0.4) is 0 Å². The quantitative estimate of drug-likeness (QED) is 0.540. The van der Waals surface area contributed by atoms with Crippen LogP contribution in [-0.4, -0.2) is 52.8 Å². The van der Waals surface area contributed by atoms with Gasteiger partial charge >= 0.3 is 12.1 Å². The van der Waals surface area contributed by atoms with Crippen LogP contribution >= 0.6 is 0 Å². The molecule has 0 radical (unpaired) electrons. The molecule has 1 aliphatic heterocycles. The van der Waals surface area contributed by atoms with E-state index in [1.165, 1.54) is 36.3 Å². The molecule has 0 unspecified atom stereocenters. The van der Waals surface area contributed by atoms with Gasteiger partial charge in [0, 0.05) is 26.1 Å². The molecule has 1 aliphatic rings. The van der Waals surface area contributed by atoms with Gasteiger partial charge in [-0.05, 0) is 48.7 Å². The van der Waals surface area contributed by atoms with Crippen molar-refractivity contribution in [3.8, 4) is 0 Å². The minimum atomic E-state index is -4.78. The van der Waals surface area contributed by atoms with Crippen LogP contribution in [0.1, 0.15) is 30.9 Å². The number of nitrogens with zero attached hydrogens (tertiary/aromatic N) is 1. The first-order valence-corrected chi connectivity index (χ1v) is 14.0. The predicted octanol–water partition coefficient (Wildman–Crippen LogP) is 3.41. The Hall–Kier alpha value is -2.74. The summed E-state index contributed by atoms with van der Waals surface area (Å²) in [7, 11) is -7.96. The number of hydroxylamine groups is 2. The number of carbonyl (C=O) groups excluding carboxylic acids is 1. The van der Waals surface area contributed by atoms with Crippen LogP contribution in [0.15, 0.2) is 64.4 Å². The summed E-state index contributed by atoms with van der Waals surface area (Å²) in [5.41, 5.74) is -1.56. The monoisotopic (exact) mass is 546 g/mol. The molecule has 3 rings (SSSR count). The lowest BCUT2D eigenvalue weighted by atomic mass is 10.1. The number of rotatable bonds is 8. The molecule has 196 valence electrons. The maximum Gasteiger partial charge on any atom is 0.416 e. The molecule has 1 N–H and O–H groups in total. The summed E-state index contributed by atoms with van der Waals surface area (Å²) in [6.07, 6.45) is -2.02. The summed E-state index contributed by atoms with van der Waals surface area (Å²) in [5.74, 6) is -1.08. The minimum Gasteiger partial charge on any atom is -0.368 e. The average Bonchev–Trinajstić information content (AvgIpc) is 2.79. The van der Waals surface area contributed by atoms with Gasteiger partial charge in [-0.2, -0.15) is 13.2 Å². The van der Waals surface area contributed by atoms with Crippen molar-refractivity contribution in [2.75, 3.05) is 18.8 Å². The van der Waals surface area contributed by atoms with Gasteiger partial charge in [-0.15, -0.1) is 5.06 Å². The third kappa shape index (κ3) is 7.38. The van der Waals surface area contributed by atoms with Gasteiger partial charge in [0.2, 0.25) is 19.9 Å². The summed E-state index contributed by atoms with van der Waals surface area (Å²) in [6, 6.07) is 9.27. The van der Waals surface area contributed by atoms with E-state index in [9.17, 15) is 34.8 Å². The standard InChI is InChI=1S/C23H25F3N2O6S2/c1-17(29)34-28-13-11-19(12-14-28)27-35(30,31)15-5-6-18-16-21(9-10-22(18)23(24,25)26)36(32,33)20-7-3-2-4-8-20/h2-10,16,19,27H,11-15H2,1H3. The van der Waals surface area contributed by atoms with Crippen molar-refractivity contribution in [2.45, 2.75) is 41.8 Å². The molecule has 13 heteroatoms. The van der Waals surface area contributed by atoms with E-state index in [1.54, 1.807) is 6.07 Å². The number of sulfonamides is 1. The molecule has 1 saturated heterocycles. The van der Waals surface area contributed by atoms with Gasteiger partial charge in [0.05, 0.1) is 21.1 Å². The molecule has 2 aromatic rings. The van der Waals surface area contributed by atoms with Crippen molar-refractivity contribution >= 4 is 31.9 Å². The van der Waals surface area contributed by atoms with E-state index < -0.39 is 54.9 Å². The average molecular weight is 547 g/mol. The van der Waals surface area contributed by atoms with Crippen LogP contribution in [0, 0.1) is 0 Å². The molecule has 0 bridgehead atoms. The third-order valence-electron chi connectivity index (χ3n) is 5.36. The van der Waals surface area contributed by atoms with Gasteiger partial charge in [-0.1, -0.05) is 30.4 Å². The van der Waals surface area contributed by atoms with Gasteiger partial charge in [0.15, 0.2) is 0 Å². The second-order valence-electron chi connectivity index (χ2n) is 8.15. The van der Waals surface area contributed by atoms with E-state index in [1.807, 2.05) is 0 Å². The molecule has 8 nitrogen and oxygen atoms in total. The van der Waals surface area contributed by atoms with Gasteiger partial charge < -0.3 is 4.84 Å². The smallest absolute Gasteiger partial charge is 0.368 e. The van der Waals surface area contributed by atoms with Crippen molar-refractivity contribution in [3.63, 3.8) is 0 Å². The minimum absolute atomic E-state index is 0.0776. The molecule has 1 heterocycles. The Morgan fingerprint density at radius 3 is 2.28 bits per heavy atom. The zero-order valence-electron chi connectivity index (χ0n) is 19.2. The Morgan fingerprint density at radius 2 is 1.69 bits per heavy atom. The predicted molar refractivity (Wildman–Crippen MR) is 126 cm³/mol. The molecule has 2 aromatic carbocycles. The first-order valence-electron chi connectivity index (χ1n) is 10.9. The van der Waals surface area contributed by atoms with Crippen molar-refractivity contribution in [1.82, 2.24) is 9.79 Å². The molecule has 0 amide bonds. The second kappa shape index (κ2) is 11.1. The summed E-state index contributed by atoms with van der Waals surface area (Å²) in [5, 5.41) is 1.43. The van der Waals surface area contributed by atoms with Crippen LogP contribution in [0.4, 0.5) is 13.2 Å². The lowest BCUT2D eigenvalue weighted by molar-refractivity contribution is -0.192. The molecule has 0 aromatic heterocycles. The third-order valence-corrected chi connectivity index (χ3v) is 8.45. The Bertz CT molecular complexity index is 1320. The highest BCUT2D eigenvalue weighted by Gasteiger charge is 2.34. The molecule has 0 aliphatic carbocycles. The fraction of sp³-hybridized carbons (Fsp3) is 0.348. The number of piperidine rings is 1. The number of carbonyl (C=O) groups is 1. The van der Waals surface area contributed by atoms with E-state index in [2.05, 4.69) is 4.72 Å². The summed E-state index contributed by atoms with van der Waals surface area (Å²) < 4.78 is 93.7. The maximum absolute atomic E-state index is 13.5. The fourth-order valence-corrected chi connectivity index (χ4v) is 6.20. The topological polar surface area (TPSA) is 110 Å². The van der Waals surface area contributed by atoms with Crippen molar-refractivity contribution in [1.29, 1.82) is 0 Å². The van der Waals surface area contributed by atoms with Crippen molar-refractivity contribution < 1.29 is 39.6 Å². The highest BCUT2D eigenvalue weighted by molar-refractivity contribution is 7.91. The number of sulfone groups is 1. The Morgan fingerprint density at radius 1 is 1.06 bits per heavy atom. The number of nitrogens with one attached hydrogen (secondary N) is 1. The number of hydrogen-bond donors (Lipinski definition) is 1. The Balaban J connectivity index is 1.76. The van der Waals surface area contributed by atoms with Gasteiger partial charge in [0.25, 0.3) is 0 Å². The summed E-state index contributed by atoms with van der Waals surface area (Å²) in [6.45, 7) is 1.93. The normalized spacial score (nSPS) is 16.3. The van der Waals surface area contributed by atoms with Gasteiger partial charge in [-0.25, -0.2) is 21.6 Å². The Labute approximate surface area is 207 Å². The second-order valence-corrected chi connectivity index (χ2v) is 11.9. The molecule has 36 heavy (non-hydrogen) atoms. The molecule has 1 fully saturated rings. The fourth-order valence-electron chi connectivity index (χ4n) is 3.69. The SMILES string of the molecule is CC(=O)ON1CCC(NS(=O)(=O)CC=Cc2cc(S(=O)(=O)c3ccccc3)ccc2C(F)(F)F)CC1. The first-order chi connectivity index (χ1) is 16.8. The van der Waals surface area contributed by atoms with E-state index in [0.29, 0.717) is 32.0 Å². The number of halogens is 3. The number of hydrogen-bond acceptors (Lipinski definition) is 7. The zero-order chi connectivity index (χ0) is 26.6. The lowest BCUT2D eigenvalue weighted by Gasteiger charge is -2.30. The van der Waals surface area contributed by atoms with Crippen LogP contribution in [0.5, 0.6) is 0 Å². The summed E-state index contributed by atoms with van der Waals surface area (Å²) >= 11 is 0. The van der Waals surface area contributed by atoms with Crippen LogP contribution < -0.4 is 4.72 Å². The maximum atomic E-state index is 13.5. The molecule has 0 saturated carbocycles. The molecular weight excluding hydrogens is 521 g/mol. The molecule has 0 atom stereocenters. The molecule has 0 spiro atoms. The van der Waals surface area contributed by atoms with Gasteiger partial charge in [0.1, 0.15) is 0 Å². The molecular formula is C23H25F3N2O6S2. The summed E-state index contributed by atoms with van der Waals surface area (Å²) in [4.78, 5) is 15.5. The van der Waals surface area contributed by atoms with Crippen molar-refractivity contribution in [2.24, 2.45) is 0 Å². The van der Waals surface area contributed by atoms with E-state index in [0.717, 1.165) is 24.3 Å². The van der Waals surface area contributed by atoms with E-state index in [4.69, 9.17) is 4.84 Å². The van der Waals surface area contributed by atoms with Crippen LogP contribution in [-0.2, 0) is 35.7 Å². The van der Waals surface area contributed by atoms with Crippen LogP contribution in [0.2, 0.25) is 0 Å². The Kier molecular flexibility index (Phi) is 8.59. The first kappa shape index (κ1) is 27.8. The number of alkyl halides is 3.